The Kier molecular flexibility index (Phi) is 2.74. The Hall–Kier alpha value is -0.610. The maximum atomic E-state index is 9.74. The van der Waals surface area contributed by atoms with Crippen LogP contribution in [0.1, 0.15) is 30.2 Å². The third-order valence-corrected chi connectivity index (χ3v) is 3.11. The van der Waals surface area contributed by atoms with E-state index in [9.17, 15) is 5.11 Å². The number of hydrogen-bond acceptors (Lipinski definition) is 3. The Bertz CT molecular complexity index is 354. The van der Waals surface area contributed by atoms with Gasteiger partial charge in [0.25, 0.3) is 0 Å². The van der Waals surface area contributed by atoms with Gasteiger partial charge in [-0.2, -0.15) is 0 Å². The summed E-state index contributed by atoms with van der Waals surface area (Å²) in [4.78, 5) is 4.23. The number of methoxy groups -OCH3 is 1. The molecule has 0 aliphatic heterocycles. The van der Waals surface area contributed by atoms with Gasteiger partial charge in [0.1, 0.15) is 5.75 Å². The van der Waals surface area contributed by atoms with Crippen LogP contribution in [0.5, 0.6) is 5.75 Å². The predicted molar refractivity (Wildman–Crippen MR) is 56.4 cm³/mol. The van der Waals surface area contributed by atoms with Crippen molar-refractivity contribution < 1.29 is 9.84 Å². The van der Waals surface area contributed by atoms with Crippen molar-refractivity contribution in [1.29, 1.82) is 0 Å². The van der Waals surface area contributed by atoms with Gasteiger partial charge in [0.05, 0.1) is 23.4 Å². The van der Waals surface area contributed by atoms with Gasteiger partial charge in [0.15, 0.2) is 0 Å². The number of fused-ring (bicyclic) bond motifs is 1. The minimum absolute atomic E-state index is 0.430. The monoisotopic (exact) mass is 257 g/mol. The molecule has 1 aliphatic rings. The van der Waals surface area contributed by atoms with E-state index in [2.05, 4.69) is 20.9 Å². The molecule has 2 rings (SSSR count). The minimum Gasteiger partial charge on any atom is -0.495 e. The van der Waals surface area contributed by atoms with Crippen LogP contribution in [0.25, 0.3) is 0 Å². The lowest BCUT2D eigenvalue weighted by Crippen LogP contribution is -2.12. The molecular formula is C10H12BrNO2. The van der Waals surface area contributed by atoms with E-state index in [1.165, 1.54) is 0 Å². The zero-order chi connectivity index (χ0) is 10.1. The van der Waals surface area contributed by atoms with Crippen LogP contribution in [-0.4, -0.2) is 17.2 Å². The molecule has 1 aromatic rings. The van der Waals surface area contributed by atoms with Crippen molar-refractivity contribution in [3.63, 3.8) is 0 Å². The highest BCUT2D eigenvalue weighted by atomic mass is 79.9. The summed E-state index contributed by atoms with van der Waals surface area (Å²) in [5, 5.41) is 9.74. The Morgan fingerprint density at radius 3 is 3.14 bits per heavy atom. The van der Waals surface area contributed by atoms with Gasteiger partial charge in [-0.1, -0.05) is 0 Å². The topological polar surface area (TPSA) is 42.4 Å². The lowest BCUT2D eigenvalue weighted by Gasteiger charge is -2.22. The van der Waals surface area contributed by atoms with Crippen LogP contribution in [0.4, 0.5) is 0 Å². The number of aliphatic hydroxyl groups is 1. The molecule has 0 saturated carbocycles. The fourth-order valence-corrected chi connectivity index (χ4v) is 2.39. The standard InChI is InChI=1S/C10H12BrNO2/c1-14-10-6-3-2-4-8(13)9(6)12-5-7(10)11/h5,8,13H,2-4H2,1H3. The molecule has 76 valence electrons. The predicted octanol–water partition coefficient (Wildman–Crippen LogP) is 2.22. The molecule has 3 nitrogen and oxygen atoms in total. The number of hydrogen-bond donors (Lipinski definition) is 1. The Morgan fingerprint density at radius 2 is 2.43 bits per heavy atom. The van der Waals surface area contributed by atoms with Crippen LogP contribution >= 0.6 is 15.9 Å². The van der Waals surface area contributed by atoms with Crippen molar-refractivity contribution in [2.45, 2.75) is 25.4 Å². The molecule has 1 aliphatic carbocycles. The van der Waals surface area contributed by atoms with Gasteiger partial charge < -0.3 is 9.84 Å². The fourth-order valence-electron chi connectivity index (χ4n) is 1.88. The second-order valence-corrected chi connectivity index (χ2v) is 4.27. The molecule has 4 heteroatoms. The van der Waals surface area contributed by atoms with Crippen molar-refractivity contribution >= 4 is 15.9 Å². The summed E-state index contributed by atoms with van der Waals surface area (Å²) < 4.78 is 6.15. The molecule has 0 amide bonds. The molecule has 0 saturated heterocycles. The Balaban J connectivity index is 2.55. The van der Waals surface area contributed by atoms with Crippen LogP contribution in [0.3, 0.4) is 0 Å². The Morgan fingerprint density at radius 1 is 1.64 bits per heavy atom. The molecule has 14 heavy (non-hydrogen) atoms. The zero-order valence-electron chi connectivity index (χ0n) is 7.96. The molecule has 0 spiro atoms. The Labute approximate surface area is 91.2 Å². The van der Waals surface area contributed by atoms with E-state index in [4.69, 9.17) is 4.74 Å². The highest BCUT2D eigenvalue weighted by Crippen LogP contribution is 2.37. The number of nitrogens with zero attached hydrogens (tertiary/aromatic N) is 1. The van der Waals surface area contributed by atoms with Crippen molar-refractivity contribution in [1.82, 2.24) is 4.98 Å². The number of aromatic nitrogens is 1. The summed E-state index contributed by atoms with van der Waals surface area (Å²) in [5.41, 5.74) is 1.82. The third kappa shape index (κ3) is 1.53. The zero-order valence-corrected chi connectivity index (χ0v) is 9.54. The van der Waals surface area contributed by atoms with Gasteiger partial charge in [-0.3, -0.25) is 4.98 Å². The van der Waals surface area contributed by atoms with E-state index in [0.29, 0.717) is 0 Å². The van der Waals surface area contributed by atoms with E-state index >= 15 is 0 Å². The summed E-state index contributed by atoms with van der Waals surface area (Å²) in [6.45, 7) is 0. The summed E-state index contributed by atoms with van der Waals surface area (Å²) >= 11 is 3.39. The smallest absolute Gasteiger partial charge is 0.139 e. The quantitative estimate of drug-likeness (QED) is 0.839. The first-order valence-electron chi connectivity index (χ1n) is 4.63. The lowest BCUT2D eigenvalue weighted by molar-refractivity contribution is 0.150. The number of halogens is 1. The molecule has 0 aromatic carbocycles. The van der Waals surface area contributed by atoms with Gasteiger partial charge in [-0.25, -0.2) is 0 Å². The maximum Gasteiger partial charge on any atom is 0.139 e. The number of aliphatic hydroxyl groups excluding tert-OH is 1. The van der Waals surface area contributed by atoms with E-state index in [0.717, 1.165) is 40.7 Å². The van der Waals surface area contributed by atoms with Crippen molar-refractivity contribution in [3.05, 3.63) is 21.9 Å². The summed E-state index contributed by atoms with van der Waals surface area (Å²) in [6.07, 6.45) is 3.97. The van der Waals surface area contributed by atoms with Crippen molar-refractivity contribution in [2.24, 2.45) is 0 Å². The molecule has 0 radical (unpaired) electrons. The highest BCUT2D eigenvalue weighted by molar-refractivity contribution is 9.10. The molecule has 1 heterocycles. The SMILES string of the molecule is COc1c(Br)cnc2c1CCCC2O. The van der Waals surface area contributed by atoms with E-state index in [-0.39, 0.29) is 0 Å². The second kappa shape index (κ2) is 3.87. The average Bonchev–Trinajstić information content (AvgIpc) is 2.18. The third-order valence-electron chi connectivity index (χ3n) is 2.54. The van der Waals surface area contributed by atoms with Crippen LogP contribution in [0.15, 0.2) is 10.7 Å². The summed E-state index contributed by atoms with van der Waals surface area (Å²) in [6, 6.07) is 0. The molecule has 0 bridgehead atoms. The van der Waals surface area contributed by atoms with Gasteiger partial charge in [-0.05, 0) is 35.2 Å². The lowest BCUT2D eigenvalue weighted by atomic mass is 9.93. The van der Waals surface area contributed by atoms with E-state index < -0.39 is 6.10 Å². The van der Waals surface area contributed by atoms with Gasteiger partial charge in [0, 0.05) is 11.8 Å². The average molecular weight is 258 g/mol. The van der Waals surface area contributed by atoms with E-state index in [1.807, 2.05) is 0 Å². The molecule has 1 N–H and O–H groups in total. The second-order valence-electron chi connectivity index (χ2n) is 3.41. The molecular weight excluding hydrogens is 246 g/mol. The molecule has 1 atom stereocenters. The normalized spacial score (nSPS) is 20.4. The highest BCUT2D eigenvalue weighted by Gasteiger charge is 2.23. The maximum absolute atomic E-state index is 9.74. The van der Waals surface area contributed by atoms with Crippen LogP contribution in [0.2, 0.25) is 0 Å². The molecule has 0 fully saturated rings. The van der Waals surface area contributed by atoms with E-state index in [1.54, 1.807) is 13.3 Å². The van der Waals surface area contributed by atoms with Gasteiger partial charge in [0.2, 0.25) is 0 Å². The van der Waals surface area contributed by atoms with Crippen molar-refractivity contribution in [3.8, 4) is 5.75 Å². The van der Waals surface area contributed by atoms with Gasteiger partial charge in [-0.15, -0.1) is 0 Å². The first-order valence-corrected chi connectivity index (χ1v) is 5.42. The largest absolute Gasteiger partial charge is 0.495 e. The van der Waals surface area contributed by atoms with Gasteiger partial charge >= 0.3 is 0 Å². The summed E-state index contributed by atoms with van der Waals surface area (Å²) in [5.74, 6) is 0.814. The van der Waals surface area contributed by atoms with Crippen LogP contribution < -0.4 is 4.74 Å². The first-order chi connectivity index (χ1) is 6.74. The number of rotatable bonds is 1. The van der Waals surface area contributed by atoms with Crippen molar-refractivity contribution in [2.75, 3.05) is 7.11 Å². The molecule has 1 aromatic heterocycles. The van der Waals surface area contributed by atoms with Crippen LogP contribution in [0, 0.1) is 0 Å². The minimum atomic E-state index is -0.430. The summed E-state index contributed by atoms with van der Waals surface area (Å²) in [7, 11) is 1.64. The number of ether oxygens (including phenoxy) is 1. The fraction of sp³-hybridized carbons (Fsp3) is 0.500. The molecule has 1 unspecified atom stereocenters. The first kappa shape index (κ1) is 9.93. The van der Waals surface area contributed by atoms with Crippen LogP contribution in [-0.2, 0) is 6.42 Å². The number of pyridine rings is 1.